The van der Waals surface area contributed by atoms with Crippen LogP contribution in [0.5, 0.6) is 0 Å². The first-order valence-corrected chi connectivity index (χ1v) is 9.60. The molecule has 1 aromatic rings. The largest absolute Gasteiger partial charge is 0.334 e. The fourth-order valence-corrected chi connectivity index (χ4v) is 3.66. The van der Waals surface area contributed by atoms with Crippen LogP contribution >= 0.6 is 0 Å². The number of rotatable bonds is 4. The smallest absolute Gasteiger partial charge is 0.226 e. The molecule has 0 saturated carbocycles. The van der Waals surface area contributed by atoms with E-state index in [4.69, 9.17) is 4.99 Å². The molecule has 26 heavy (non-hydrogen) atoms. The van der Waals surface area contributed by atoms with Gasteiger partial charge in [-0.15, -0.1) is 5.92 Å². The van der Waals surface area contributed by atoms with Crippen LogP contribution in [-0.4, -0.2) is 29.1 Å². The molecule has 0 aliphatic carbocycles. The number of likely N-dealkylation sites (tertiary alicyclic amines) is 1. The second-order valence-corrected chi connectivity index (χ2v) is 7.63. The Balaban J connectivity index is 1.68. The lowest BCUT2D eigenvalue weighted by Crippen LogP contribution is -2.43. The molecule has 2 heterocycles. The van der Waals surface area contributed by atoms with Gasteiger partial charge in [-0.3, -0.25) is 9.79 Å². The molecule has 136 valence electrons. The van der Waals surface area contributed by atoms with Crippen molar-refractivity contribution in [3.63, 3.8) is 0 Å². The van der Waals surface area contributed by atoms with Crippen LogP contribution in [0, 0.1) is 23.7 Å². The van der Waals surface area contributed by atoms with E-state index in [0.29, 0.717) is 5.92 Å². The third-order valence-electron chi connectivity index (χ3n) is 5.59. The first-order valence-electron chi connectivity index (χ1n) is 9.60. The molecule has 1 amide bonds. The highest BCUT2D eigenvalue weighted by Gasteiger charge is 2.36. The molecule has 3 heteroatoms. The van der Waals surface area contributed by atoms with E-state index < -0.39 is 0 Å². The minimum absolute atomic E-state index is 0.0669. The summed E-state index contributed by atoms with van der Waals surface area (Å²) in [5, 5.41) is 0. The van der Waals surface area contributed by atoms with Crippen molar-refractivity contribution in [3.8, 4) is 11.8 Å². The van der Waals surface area contributed by atoms with Gasteiger partial charge in [-0.2, -0.15) is 0 Å². The lowest BCUT2D eigenvalue weighted by molar-refractivity contribution is -0.136. The molecule has 0 bridgehead atoms. The molecular weight excluding hydrogens is 320 g/mol. The molecule has 3 nitrogen and oxygen atoms in total. The van der Waals surface area contributed by atoms with Gasteiger partial charge in [-0.05, 0) is 49.0 Å². The molecule has 1 fully saturated rings. The van der Waals surface area contributed by atoms with E-state index in [0.717, 1.165) is 37.1 Å². The number of aliphatic imine (C=N–C) groups is 1. The zero-order chi connectivity index (χ0) is 18.7. The van der Waals surface area contributed by atoms with Gasteiger partial charge in [-0.1, -0.05) is 38.8 Å². The molecule has 0 radical (unpaired) electrons. The van der Waals surface area contributed by atoms with Crippen molar-refractivity contribution in [3.05, 3.63) is 41.6 Å². The zero-order valence-electron chi connectivity index (χ0n) is 16.2. The van der Waals surface area contributed by atoms with Crippen molar-refractivity contribution in [2.45, 2.75) is 53.0 Å². The maximum absolute atomic E-state index is 12.8. The van der Waals surface area contributed by atoms with Gasteiger partial charge in [0.15, 0.2) is 0 Å². The number of benzene rings is 1. The summed E-state index contributed by atoms with van der Waals surface area (Å²) in [6.45, 7) is 8.99. The SMILES string of the molecule is CC#Cc1ccc(C2=CN=C([C@@H]3CCCN3C(=O)[C@@H](C)C(C)C)C2)cc1. The first-order chi connectivity index (χ1) is 12.5. The molecule has 1 saturated heterocycles. The highest BCUT2D eigenvalue weighted by atomic mass is 16.2. The second kappa shape index (κ2) is 7.91. The van der Waals surface area contributed by atoms with E-state index in [9.17, 15) is 4.79 Å². The lowest BCUT2D eigenvalue weighted by atomic mass is 9.94. The standard InChI is InChI=1S/C23H28N2O/c1-5-7-18-9-11-19(12-10-18)20-14-21(24-15-20)22-8-6-13-25(22)23(26)17(4)16(2)3/h9-12,15-17,22H,6,8,13-14H2,1-4H3/t17-,22-/m0/s1. The van der Waals surface area contributed by atoms with Crippen molar-refractivity contribution in [2.24, 2.45) is 16.8 Å². The van der Waals surface area contributed by atoms with Crippen LogP contribution in [0.3, 0.4) is 0 Å². The van der Waals surface area contributed by atoms with Crippen LogP contribution in [0.1, 0.15) is 58.1 Å². The summed E-state index contributed by atoms with van der Waals surface area (Å²) >= 11 is 0. The minimum Gasteiger partial charge on any atom is -0.334 e. The van der Waals surface area contributed by atoms with Gasteiger partial charge in [0.2, 0.25) is 5.91 Å². The molecule has 2 atom stereocenters. The molecule has 0 aromatic heterocycles. The summed E-state index contributed by atoms with van der Waals surface area (Å²) in [5.41, 5.74) is 4.59. The molecule has 3 rings (SSSR count). The average molecular weight is 348 g/mol. The van der Waals surface area contributed by atoms with Crippen molar-refractivity contribution in [1.29, 1.82) is 0 Å². The Bertz CT molecular complexity index is 790. The number of carbonyl (C=O) groups excluding carboxylic acids is 1. The summed E-state index contributed by atoms with van der Waals surface area (Å²) in [4.78, 5) is 19.6. The first kappa shape index (κ1) is 18.5. The third-order valence-corrected chi connectivity index (χ3v) is 5.59. The zero-order valence-corrected chi connectivity index (χ0v) is 16.2. The predicted octanol–water partition coefficient (Wildman–Crippen LogP) is 4.53. The summed E-state index contributed by atoms with van der Waals surface area (Å²) in [7, 11) is 0. The minimum atomic E-state index is 0.0669. The average Bonchev–Trinajstić information content (AvgIpc) is 3.30. The maximum Gasteiger partial charge on any atom is 0.226 e. The molecule has 0 spiro atoms. The van der Waals surface area contributed by atoms with E-state index in [1.54, 1.807) is 0 Å². The van der Waals surface area contributed by atoms with Crippen molar-refractivity contribution < 1.29 is 4.79 Å². The van der Waals surface area contributed by atoms with Gasteiger partial charge in [0.1, 0.15) is 0 Å². The Morgan fingerprint density at radius 1 is 1.23 bits per heavy atom. The summed E-state index contributed by atoms with van der Waals surface area (Å²) in [5.74, 6) is 6.71. The summed E-state index contributed by atoms with van der Waals surface area (Å²) in [6, 6.07) is 8.51. The highest BCUT2D eigenvalue weighted by Crippen LogP contribution is 2.31. The Hall–Kier alpha value is -2.34. The van der Waals surface area contributed by atoms with Crippen LogP contribution in [0.2, 0.25) is 0 Å². The normalized spacial score (nSPS) is 20.5. The van der Waals surface area contributed by atoms with Crippen LogP contribution in [-0.2, 0) is 4.79 Å². The summed E-state index contributed by atoms with van der Waals surface area (Å²) in [6.07, 6.45) is 4.91. The number of hydrogen-bond acceptors (Lipinski definition) is 2. The third kappa shape index (κ3) is 3.75. The Labute approximate surface area is 157 Å². The van der Waals surface area contributed by atoms with E-state index in [2.05, 4.69) is 54.9 Å². The fraction of sp³-hybridized carbons (Fsp3) is 0.478. The van der Waals surface area contributed by atoms with Gasteiger partial charge >= 0.3 is 0 Å². The van der Waals surface area contributed by atoms with E-state index >= 15 is 0 Å². The number of nitrogens with zero attached hydrogens (tertiary/aromatic N) is 2. The van der Waals surface area contributed by atoms with Crippen molar-refractivity contribution in [2.75, 3.05) is 6.54 Å². The summed E-state index contributed by atoms with van der Waals surface area (Å²) < 4.78 is 0. The Morgan fingerprint density at radius 2 is 1.96 bits per heavy atom. The van der Waals surface area contributed by atoms with E-state index in [1.165, 1.54) is 11.1 Å². The van der Waals surface area contributed by atoms with Gasteiger partial charge in [0.25, 0.3) is 0 Å². The predicted molar refractivity (Wildman–Crippen MR) is 108 cm³/mol. The highest BCUT2D eigenvalue weighted by molar-refractivity contribution is 6.03. The Morgan fingerprint density at radius 3 is 2.62 bits per heavy atom. The monoisotopic (exact) mass is 348 g/mol. The topological polar surface area (TPSA) is 32.7 Å². The molecular formula is C23H28N2O. The number of amides is 1. The maximum atomic E-state index is 12.8. The van der Waals surface area contributed by atoms with Crippen molar-refractivity contribution >= 4 is 17.2 Å². The van der Waals surface area contributed by atoms with Crippen LogP contribution < -0.4 is 0 Å². The van der Waals surface area contributed by atoms with Gasteiger partial charge in [-0.25, -0.2) is 0 Å². The van der Waals surface area contributed by atoms with Crippen molar-refractivity contribution in [1.82, 2.24) is 4.90 Å². The number of hydrogen-bond donors (Lipinski definition) is 0. The number of carbonyl (C=O) groups is 1. The molecule has 1 aromatic carbocycles. The quantitative estimate of drug-likeness (QED) is 0.736. The van der Waals surface area contributed by atoms with Gasteiger partial charge in [0, 0.05) is 36.4 Å². The number of allylic oxidation sites excluding steroid dienone is 1. The van der Waals surface area contributed by atoms with Crippen LogP contribution in [0.15, 0.2) is 35.5 Å². The van der Waals surface area contributed by atoms with Crippen LogP contribution in [0.25, 0.3) is 5.57 Å². The fourth-order valence-electron chi connectivity index (χ4n) is 3.66. The second-order valence-electron chi connectivity index (χ2n) is 7.63. The van der Waals surface area contributed by atoms with E-state index in [1.807, 2.05) is 20.0 Å². The molecule has 2 aliphatic heterocycles. The van der Waals surface area contributed by atoms with Gasteiger partial charge in [0.05, 0.1) is 6.04 Å². The van der Waals surface area contributed by atoms with Gasteiger partial charge < -0.3 is 4.90 Å². The molecule has 2 aliphatic rings. The lowest BCUT2D eigenvalue weighted by Gasteiger charge is -2.29. The molecule has 0 N–H and O–H groups in total. The van der Waals surface area contributed by atoms with Crippen LogP contribution in [0.4, 0.5) is 0 Å². The van der Waals surface area contributed by atoms with E-state index in [-0.39, 0.29) is 17.9 Å². The molecule has 0 unspecified atom stereocenters. The Kier molecular flexibility index (Phi) is 5.61.